The van der Waals surface area contributed by atoms with E-state index in [0.717, 1.165) is 95.8 Å². The lowest BCUT2D eigenvalue weighted by molar-refractivity contribution is -0.161. The van der Waals surface area contributed by atoms with Crippen molar-refractivity contribution in [2.24, 2.45) is 5.92 Å². The van der Waals surface area contributed by atoms with Crippen LogP contribution in [0.1, 0.15) is 369 Å². The summed E-state index contributed by atoms with van der Waals surface area (Å²) in [5.74, 6) is -1.38. The quantitative estimate of drug-likeness (QED) is 0.0222. The predicted molar refractivity (Wildman–Crippen MR) is 363 cm³/mol. The van der Waals surface area contributed by atoms with Crippen LogP contribution in [0.5, 0.6) is 0 Å². The Labute approximate surface area is 549 Å². The molecule has 0 spiro atoms. The third-order valence-corrected chi connectivity index (χ3v) is 18.4. The van der Waals surface area contributed by atoms with Gasteiger partial charge in [-0.05, 0) is 31.6 Å². The molecule has 0 heterocycles. The Hall–Kier alpha value is -1.94. The predicted octanol–water partition coefficient (Wildman–Crippen LogP) is 20.5. The maximum Gasteiger partial charge on any atom is 0.472 e. The van der Waals surface area contributed by atoms with Crippen molar-refractivity contribution in [1.29, 1.82) is 0 Å². The van der Waals surface area contributed by atoms with Gasteiger partial charge in [-0.3, -0.25) is 37.3 Å². The number of phosphoric ester groups is 2. The number of hydrogen-bond acceptors (Lipinski definition) is 15. The molecule has 0 aromatic rings. The number of hydrogen-bond donors (Lipinski definition) is 3. The van der Waals surface area contributed by atoms with Crippen LogP contribution in [0.3, 0.4) is 0 Å². The summed E-state index contributed by atoms with van der Waals surface area (Å²) in [6.07, 6.45) is 51.1. The first-order valence-electron chi connectivity index (χ1n) is 37.1. The maximum atomic E-state index is 13.0. The lowest BCUT2D eigenvalue weighted by atomic mass is 10.0. The fourth-order valence-corrected chi connectivity index (χ4v) is 12.4. The van der Waals surface area contributed by atoms with E-state index >= 15 is 0 Å². The number of aliphatic hydroxyl groups is 1. The molecule has 5 atom stereocenters. The van der Waals surface area contributed by atoms with Gasteiger partial charge in [0.2, 0.25) is 0 Å². The van der Waals surface area contributed by atoms with Gasteiger partial charge in [-0.1, -0.05) is 317 Å². The van der Waals surface area contributed by atoms with Gasteiger partial charge < -0.3 is 33.8 Å². The number of rotatable bonds is 71. The van der Waals surface area contributed by atoms with E-state index in [1.165, 1.54) is 193 Å². The monoisotopic (exact) mass is 1320 g/mol. The van der Waals surface area contributed by atoms with Crippen molar-refractivity contribution in [1.82, 2.24) is 0 Å². The summed E-state index contributed by atoms with van der Waals surface area (Å²) in [6.45, 7) is 7.24. The molecule has 0 amide bonds. The highest BCUT2D eigenvalue weighted by molar-refractivity contribution is 7.47. The standard InChI is InChI=1S/C71H138O17P2/c1-6-9-12-15-18-21-24-27-30-35-40-45-50-55-69(74)82-60-66(87-70(75)56-51-46-41-36-31-28-25-22-19-16-13-10-7-2)62-85-89(77,78)83-58-65(72)59-84-90(79,80)86-63-67(88-71(76)57-52-47-42-37-32-33-38-43-48-53-64(4)5)61-81-68(73)54-49-44-39-34-29-26-23-20-17-14-11-8-3/h64-67,72H,6-63H2,1-5H3,(H,77,78)(H,79,80)/t65-,66-,67-/m1/s1. The van der Waals surface area contributed by atoms with Crippen LogP contribution in [0.4, 0.5) is 0 Å². The van der Waals surface area contributed by atoms with Gasteiger partial charge in [0.05, 0.1) is 26.4 Å². The summed E-state index contributed by atoms with van der Waals surface area (Å²) < 4.78 is 68.3. The molecule has 0 aromatic carbocycles. The Bertz CT molecular complexity index is 1740. The minimum atomic E-state index is -4.95. The van der Waals surface area contributed by atoms with E-state index in [1.54, 1.807) is 0 Å². The first-order valence-corrected chi connectivity index (χ1v) is 40.1. The van der Waals surface area contributed by atoms with Crippen LogP contribution in [0, 0.1) is 5.92 Å². The molecule has 0 aliphatic heterocycles. The van der Waals surface area contributed by atoms with Crippen LogP contribution in [-0.4, -0.2) is 96.7 Å². The lowest BCUT2D eigenvalue weighted by Crippen LogP contribution is -2.30. The molecule has 3 N–H and O–H groups in total. The average Bonchev–Trinajstić information content (AvgIpc) is 3.62. The summed E-state index contributed by atoms with van der Waals surface area (Å²) in [5, 5.41) is 10.6. The number of unbranched alkanes of at least 4 members (excludes halogenated alkanes) is 43. The van der Waals surface area contributed by atoms with E-state index in [0.29, 0.717) is 25.7 Å². The first-order chi connectivity index (χ1) is 43.5. The van der Waals surface area contributed by atoms with E-state index in [1.807, 2.05) is 0 Å². The molecule has 0 aromatic heterocycles. The molecule has 19 heteroatoms. The van der Waals surface area contributed by atoms with Crippen molar-refractivity contribution in [3.8, 4) is 0 Å². The van der Waals surface area contributed by atoms with Crippen molar-refractivity contribution in [3.05, 3.63) is 0 Å². The normalized spacial score (nSPS) is 14.1. The zero-order valence-electron chi connectivity index (χ0n) is 58.3. The van der Waals surface area contributed by atoms with Gasteiger partial charge in [0, 0.05) is 25.7 Å². The third kappa shape index (κ3) is 64.8. The second kappa shape index (κ2) is 64.4. The summed E-state index contributed by atoms with van der Waals surface area (Å²) in [5.41, 5.74) is 0. The van der Waals surface area contributed by atoms with E-state index in [-0.39, 0.29) is 25.7 Å². The summed E-state index contributed by atoms with van der Waals surface area (Å²) >= 11 is 0. The fourth-order valence-electron chi connectivity index (χ4n) is 10.8. The van der Waals surface area contributed by atoms with Crippen molar-refractivity contribution in [2.75, 3.05) is 39.6 Å². The van der Waals surface area contributed by atoms with Gasteiger partial charge in [0.15, 0.2) is 12.2 Å². The molecule has 17 nitrogen and oxygen atoms in total. The highest BCUT2D eigenvalue weighted by Crippen LogP contribution is 2.45. The second-order valence-corrected chi connectivity index (χ2v) is 29.0. The van der Waals surface area contributed by atoms with E-state index < -0.39 is 97.5 Å². The maximum absolute atomic E-state index is 13.0. The average molecular weight is 1330 g/mol. The minimum Gasteiger partial charge on any atom is -0.462 e. The van der Waals surface area contributed by atoms with E-state index in [4.69, 9.17) is 37.0 Å². The largest absolute Gasteiger partial charge is 0.472 e. The summed E-state index contributed by atoms with van der Waals surface area (Å²) in [6, 6.07) is 0. The number of carbonyl (C=O) groups excluding carboxylic acids is 4. The van der Waals surface area contributed by atoms with Crippen LogP contribution >= 0.6 is 15.6 Å². The van der Waals surface area contributed by atoms with E-state index in [9.17, 15) is 43.2 Å². The van der Waals surface area contributed by atoms with E-state index in [2.05, 4.69) is 34.6 Å². The van der Waals surface area contributed by atoms with Crippen molar-refractivity contribution >= 4 is 39.5 Å². The zero-order chi connectivity index (χ0) is 66.3. The van der Waals surface area contributed by atoms with Crippen LogP contribution in [0.2, 0.25) is 0 Å². The smallest absolute Gasteiger partial charge is 0.462 e. The molecule has 90 heavy (non-hydrogen) atoms. The molecule has 0 saturated carbocycles. The van der Waals surface area contributed by atoms with Crippen LogP contribution < -0.4 is 0 Å². The Balaban J connectivity index is 5.25. The molecule has 0 aliphatic carbocycles. The molecular formula is C71H138O17P2. The van der Waals surface area contributed by atoms with Crippen LogP contribution in [0.15, 0.2) is 0 Å². The van der Waals surface area contributed by atoms with Crippen molar-refractivity contribution < 1.29 is 80.2 Å². The van der Waals surface area contributed by atoms with Gasteiger partial charge in [0.25, 0.3) is 0 Å². The summed E-state index contributed by atoms with van der Waals surface area (Å²) in [7, 11) is -9.90. The first kappa shape index (κ1) is 88.1. The van der Waals surface area contributed by atoms with Gasteiger partial charge in [0.1, 0.15) is 19.3 Å². The molecule has 2 unspecified atom stereocenters. The van der Waals surface area contributed by atoms with Gasteiger partial charge in [-0.25, -0.2) is 9.13 Å². The molecule has 0 radical (unpaired) electrons. The van der Waals surface area contributed by atoms with Gasteiger partial charge >= 0.3 is 39.5 Å². The summed E-state index contributed by atoms with van der Waals surface area (Å²) in [4.78, 5) is 72.6. The SMILES string of the molecule is CCCCCCCCCCCCCCCC(=O)OC[C@H](COP(=O)(O)OC[C@@H](O)COP(=O)(O)OC[C@@H](COC(=O)CCCCCCCCCCCCCC)OC(=O)CCCCCCCCCCCC(C)C)OC(=O)CCCCCCCCCCCCCCC. The van der Waals surface area contributed by atoms with Gasteiger partial charge in [-0.15, -0.1) is 0 Å². The number of carbonyl (C=O) groups is 4. The third-order valence-electron chi connectivity index (χ3n) is 16.5. The molecular weight excluding hydrogens is 1190 g/mol. The molecule has 0 rings (SSSR count). The Morgan fingerprint density at radius 3 is 0.756 bits per heavy atom. The highest BCUT2D eigenvalue weighted by Gasteiger charge is 2.30. The van der Waals surface area contributed by atoms with Crippen LogP contribution in [0.25, 0.3) is 0 Å². The molecule has 0 bridgehead atoms. The Morgan fingerprint density at radius 1 is 0.300 bits per heavy atom. The molecule has 0 saturated heterocycles. The number of ether oxygens (including phenoxy) is 4. The second-order valence-electron chi connectivity index (χ2n) is 26.1. The zero-order valence-corrected chi connectivity index (χ0v) is 60.1. The topological polar surface area (TPSA) is 237 Å². The number of phosphoric acid groups is 2. The van der Waals surface area contributed by atoms with Gasteiger partial charge in [-0.2, -0.15) is 0 Å². The lowest BCUT2D eigenvalue weighted by Gasteiger charge is -2.21. The van der Waals surface area contributed by atoms with Crippen molar-refractivity contribution in [3.63, 3.8) is 0 Å². The fraction of sp³-hybridized carbons (Fsp3) is 0.944. The number of aliphatic hydroxyl groups excluding tert-OH is 1. The van der Waals surface area contributed by atoms with Crippen molar-refractivity contribution in [2.45, 2.75) is 387 Å². The molecule has 534 valence electrons. The molecule has 0 aliphatic rings. The number of esters is 4. The molecule has 0 fully saturated rings. The Morgan fingerprint density at radius 2 is 0.511 bits per heavy atom. The van der Waals surface area contributed by atoms with Crippen LogP contribution in [-0.2, 0) is 65.4 Å². The Kier molecular flexibility index (Phi) is 63.0. The minimum absolute atomic E-state index is 0.106. The highest BCUT2D eigenvalue weighted by atomic mass is 31.2.